The fraction of sp³-hybridized carbons (Fsp3) is 0.118. The zero-order chi connectivity index (χ0) is 17.1. The Hall–Kier alpha value is -1.73. The molecule has 0 radical (unpaired) electrons. The number of benzene rings is 1. The van der Waals surface area contributed by atoms with Crippen molar-refractivity contribution in [2.45, 2.75) is 12.6 Å². The summed E-state index contributed by atoms with van der Waals surface area (Å²) in [7, 11) is 0. The van der Waals surface area contributed by atoms with Crippen LogP contribution in [0.1, 0.15) is 31.1 Å². The van der Waals surface area contributed by atoms with Gasteiger partial charge in [0.05, 0.1) is 17.1 Å². The lowest BCUT2D eigenvalue weighted by Crippen LogP contribution is -2.23. The first-order chi connectivity index (χ1) is 11.6. The molecule has 3 nitrogen and oxygen atoms in total. The van der Waals surface area contributed by atoms with E-state index in [0.29, 0.717) is 0 Å². The van der Waals surface area contributed by atoms with Crippen molar-refractivity contribution in [2.24, 2.45) is 0 Å². The van der Waals surface area contributed by atoms with Gasteiger partial charge in [0.1, 0.15) is 11.9 Å². The van der Waals surface area contributed by atoms with Crippen molar-refractivity contribution in [1.82, 2.24) is 5.32 Å². The molecule has 1 atom stereocenters. The molecule has 124 valence electrons. The topological polar surface area (TPSA) is 49.3 Å². The van der Waals surface area contributed by atoms with Crippen LogP contribution in [0.2, 0.25) is 5.02 Å². The summed E-state index contributed by atoms with van der Waals surface area (Å²) in [4.78, 5) is 14.6. The molecule has 1 aromatic carbocycles. The van der Waals surface area contributed by atoms with Gasteiger partial charge in [-0.05, 0) is 35.7 Å². The summed E-state index contributed by atoms with van der Waals surface area (Å²) in [6, 6.07) is 11.5. The number of halogens is 2. The third-order valence-electron chi connectivity index (χ3n) is 3.38. The minimum Gasteiger partial charge on any atom is -0.382 e. The van der Waals surface area contributed by atoms with Crippen molar-refractivity contribution in [1.29, 1.82) is 0 Å². The summed E-state index contributed by atoms with van der Waals surface area (Å²) in [5.41, 5.74) is -0.158. The second kappa shape index (κ2) is 7.44. The van der Waals surface area contributed by atoms with Crippen molar-refractivity contribution in [3.05, 3.63) is 78.9 Å². The Labute approximate surface area is 151 Å². The number of hydrogen-bond acceptors (Lipinski definition) is 4. The van der Waals surface area contributed by atoms with Gasteiger partial charge in [0.25, 0.3) is 5.91 Å². The summed E-state index contributed by atoms with van der Waals surface area (Å²) >= 11 is 8.76. The number of aliphatic hydroxyl groups is 1. The highest BCUT2D eigenvalue weighted by Gasteiger charge is 2.17. The van der Waals surface area contributed by atoms with E-state index in [2.05, 4.69) is 5.32 Å². The van der Waals surface area contributed by atoms with E-state index in [0.717, 1.165) is 14.6 Å². The fourth-order valence-corrected chi connectivity index (χ4v) is 4.20. The highest BCUT2D eigenvalue weighted by Crippen LogP contribution is 2.31. The molecule has 2 N–H and O–H groups in total. The summed E-state index contributed by atoms with van der Waals surface area (Å²) in [5, 5.41) is 14.9. The number of carbonyl (C=O) groups excluding carboxylic acids is 1. The maximum absolute atomic E-state index is 13.7. The minimum absolute atomic E-state index is 0.0764. The highest BCUT2D eigenvalue weighted by atomic mass is 35.5. The van der Waals surface area contributed by atoms with E-state index in [4.69, 9.17) is 11.6 Å². The van der Waals surface area contributed by atoms with Gasteiger partial charge in [-0.2, -0.15) is 0 Å². The van der Waals surface area contributed by atoms with Gasteiger partial charge in [0, 0.05) is 14.6 Å². The predicted octanol–water partition coefficient (Wildman–Crippen LogP) is 4.61. The molecule has 3 aromatic rings. The second-order valence-corrected chi connectivity index (χ2v) is 7.59. The quantitative estimate of drug-likeness (QED) is 0.677. The van der Waals surface area contributed by atoms with Crippen LogP contribution >= 0.6 is 34.3 Å². The van der Waals surface area contributed by atoms with E-state index in [1.807, 2.05) is 29.6 Å². The zero-order valence-electron chi connectivity index (χ0n) is 12.3. The van der Waals surface area contributed by atoms with E-state index in [1.165, 1.54) is 40.9 Å². The van der Waals surface area contributed by atoms with Crippen LogP contribution in [-0.2, 0) is 6.54 Å². The Balaban J connectivity index is 1.66. The van der Waals surface area contributed by atoms with E-state index in [-0.39, 0.29) is 17.1 Å². The number of thiophene rings is 2. The van der Waals surface area contributed by atoms with Crippen LogP contribution in [0.4, 0.5) is 4.39 Å². The molecule has 2 aromatic heterocycles. The number of aliphatic hydroxyl groups excluding tert-OH is 1. The van der Waals surface area contributed by atoms with Gasteiger partial charge < -0.3 is 10.4 Å². The molecule has 2 heterocycles. The predicted molar refractivity (Wildman–Crippen MR) is 95.3 cm³/mol. The average molecular weight is 382 g/mol. The molecule has 3 rings (SSSR count). The molecule has 7 heteroatoms. The van der Waals surface area contributed by atoms with E-state index < -0.39 is 17.8 Å². The molecule has 0 bridgehead atoms. The van der Waals surface area contributed by atoms with Crippen LogP contribution < -0.4 is 5.32 Å². The largest absolute Gasteiger partial charge is 0.382 e. The average Bonchev–Trinajstić information content (AvgIpc) is 3.24. The lowest BCUT2D eigenvalue weighted by molar-refractivity contribution is 0.0947. The first-order valence-electron chi connectivity index (χ1n) is 7.08. The van der Waals surface area contributed by atoms with Gasteiger partial charge in [-0.3, -0.25) is 4.79 Å². The van der Waals surface area contributed by atoms with Crippen molar-refractivity contribution < 1.29 is 14.3 Å². The lowest BCUT2D eigenvalue weighted by Gasteiger charge is -2.07. The van der Waals surface area contributed by atoms with E-state index in [9.17, 15) is 14.3 Å². The number of hydrogen-bond donors (Lipinski definition) is 2. The first-order valence-corrected chi connectivity index (χ1v) is 9.16. The monoisotopic (exact) mass is 381 g/mol. The molecular formula is C17H13ClFNO2S2. The van der Waals surface area contributed by atoms with Crippen LogP contribution in [0.25, 0.3) is 0 Å². The SMILES string of the molecule is O=C(NCc1ccc([C@H](O)c2cccs2)s1)c1c(F)cccc1Cl. The molecule has 0 aliphatic carbocycles. The summed E-state index contributed by atoms with van der Waals surface area (Å²) in [5.74, 6) is -1.22. The molecule has 0 saturated carbocycles. The maximum atomic E-state index is 13.7. The number of rotatable bonds is 5. The van der Waals surface area contributed by atoms with Crippen LogP contribution in [0.5, 0.6) is 0 Å². The van der Waals surface area contributed by atoms with Gasteiger partial charge in [-0.25, -0.2) is 4.39 Å². The fourth-order valence-electron chi connectivity index (χ4n) is 2.19. The van der Waals surface area contributed by atoms with E-state index >= 15 is 0 Å². The summed E-state index contributed by atoms with van der Waals surface area (Å²) in [6.07, 6.45) is -0.666. The third-order valence-corrected chi connectivity index (χ3v) is 5.75. The first kappa shape index (κ1) is 17.1. The molecule has 0 spiro atoms. The van der Waals surface area contributed by atoms with Gasteiger partial charge >= 0.3 is 0 Å². The van der Waals surface area contributed by atoms with Gasteiger partial charge in [-0.15, -0.1) is 22.7 Å². The number of amides is 1. The Bertz CT molecular complexity index is 828. The second-order valence-electron chi connectivity index (χ2n) is 5.00. The third kappa shape index (κ3) is 3.67. The molecule has 0 unspecified atom stereocenters. The van der Waals surface area contributed by atoms with Crippen molar-refractivity contribution in [2.75, 3.05) is 0 Å². The Kier molecular flexibility index (Phi) is 5.30. The van der Waals surface area contributed by atoms with Crippen LogP contribution in [0.15, 0.2) is 47.8 Å². The van der Waals surface area contributed by atoms with Gasteiger partial charge in [0.2, 0.25) is 0 Å². The van der Waals surface area contributed by atoms with Crippen molar-refractivity contribution in [3.63, 3.8) is 0 Å². The molecule has 0 aliphatic heterocycles. The molecule has 0 fully saturated rings. The Morgan fingerprint density at radius 2 is 2.04 bits per heavy atom. The van der Waals surface area contributed by atoms with Gasteiger partial charge in [-0.1, -0.05) is 23.7 Å². The molecule has 24 heavy (non-hydrogen) atoms. The molecule has 0 aliphatic rings. The van der Waals surface area contributed by atoms with Crippen molar-refractivity contribution in [3.8, 4) is 0 Å². The zero-order valence-corrected chi connectivity index (χ0v) is 14.7. The van der Waals surface area contributed by atoms with E-state index in [1.54, 1.807) is 0 Å². The maximum Gasteiger partial charge on any atom is 0.256 e. The standard InChI is InChI=1S/C17H13ClFNO2S2/c18-11-3-1-4-12(19)15(11)17(22)20-9-10-6-7-14(24-10)16(21)13-5-2-8-23-13/h1-8,16,21H,9H2,(H,20,22)/t16-/m1/s1. The summed E-state index contributed by atoms with van der Waals surface area (Å²) < 4.78 is 13.7. The molecule has 0 saturated heterocycles. The smallest absolute Gasteiger partial charge is 0.256 e. The van der Waals surface area contributed by atoms with Crippen LogP contribution in [0.3, 0.4) is 0 Å². The molecule has 1 amide bonds. The number of nitrogens with one attached hydrogen (secondary N) is 1. The lowest BCUT2D eigenvalue weighted by atomic mass is 10.2. The Morgan fingerprint density at radius 3 is 2.75 bits per heavy atom. The Morgan fingerprint density at radius 1 is 1.21 bits per heavy atom. The normalized spacial score (nSPS) is 12.1. The van der Waals surface area contributed by atoms with Crippen LogP contribution in [0, 0.1) is 5.82 Å². The number of carbonyl (C=O) groups is 1. The van der Waals surface area contributed by atoms with Crippen LogP contribution in [-0.4, -0.2) is 11.0 Å². The molecular weight excluding hydrogens is 369 g/mol. The van der Waals surface area contributed by atoms with Gasteiger partial charge in [0.15, 0.2) is 0 Å². The van der Waals surface area contributed by atoms with Crippen molar-refractivity contribution >= 4 is 40.2 Å². The summed E-state index contributed by atoms with van der Waals surface area (Å²) in [6.45, 7) is 0.241. The highest BCUT2D eigenvalue weighted by molar-refractivity contribution is 7.12. The minimum atomic E-state index is -0.666.